The van der Waals surface area contributed by atoms with Gasteiger partial charge in [0.1, 0.15) is 41.7 Å². The molecule has 1 aromatic heterocycles. The Labute approximate surface area is 384 Å². The number of amides is 3. The van der Waals surface area contributed by atoms with Crippen LogP contribution in [0.5, 0.6) is 5.75 Å². The molecule has 5 fully saturated rings. The molecule has 9 rings (SSSR count). The molecule has 2 saturated carbocycles. The van der Waals surface area contributed by atoms with Crippen LogP contribution in [0, 0.1) is 27.4 Å². The fraction of sp³-hybridized carbons (Fsp3) is 0.396. The number of non-ortho nitro benzene ring substituents is 1. The first-order valence-corrected chi connectivity index (χ1v) is 21.9. The maximum atomic E-state index is 15.7. The number of hydrogen-bond acceptors (Lipinski definition) is 15. The maximum absolute atomic E-state index is 15.7. The van der Waals surface area contributed by atoms with E-state index in [2.05, 4.69) is 4.98 Å². The molecular weight excluding hydrogens is 869 g/mol. The van der Waals surface area contributed by atoms with Gasteiger partial charge in [-0.1, -0.05) is 62.4 Å². The third-order valence-corrected chi connectivity index (χ3v) is 13.3. The molecule has 3 aliphatic heterocycles. The summed E-state index contributed by atoms with van der Waals surface area (Å²) in [4.78, 5) is 109. The number of carbonyl (C=O) groups excluding carboxylic acids is 6. The van der Waals surface area contributed by atoms with E-state index in [1.807, 2.05) is 31.1 Å². The lowest BCUT2D eigenvalue weighted by molar-refractivity contribution is -0.385. The number of fused-ring (bicyclic) bond motifs is 1. The number of nitro benzene ring substituents is 1. The first-order valence-electron chi connectivity index (χ1n) is 21.9. The Hall–Kier alpha value is -7.25. The van der Waals surface area contributed by atoms with Gasteiger partial charge in [0.2, 0.25) is 11.8 Å². The molecule has 1 spiro atoms. The van der Waals surface area contributed by atoms with Gasteiger partial charge in [-0.05, 0) is 61.2 Å². The summed E-state index contributed by atoms with van der Waals surface area (Å²) in [5.41, 5.74) is -1.19. The fourth-order valence-corrected chi connectivity index (χ4v) is 10.3. The van der Waals surface area contributed by atoms with Gasteiger partial charge in [-0.2, -0.15) is 0 Å². The van der Waals surface area contributed by atoms with Crippen LogP contribution in [-0.4, -0.2) is 111 Å². The number of likely N-dealkylation sites (tertiary alicyclic amines) is 1. The summed E-state index contributed by atoms with van der Waals surface area (Å²) in [6, 6.07) is 23.3. The van der Waals surface area contributed by atoms with Crippen LogP contribution >= 0.6 is 0 Å². The summed E-state index contributed by atoms with van der Waals surface area (Å²) in [5.74, 6) is -5.73. The first-order chi connectivity index (χ1) is 32.1. The number of β-lactam (4-membered cyclic amide) rings is 1. The van der Waals surface area contributed by atoms with E-state index >= 15 is 9.59 Å². The number of hydrogen-bond donors (Lipinski definition) is 0. The zero-order chi connectivity index (χ0) is 47.5. The van der Waals surface area contributed by atoms with Crippen molar-refractivity contribution in [3.05, 3.63) is 130 Å². The van der Waals surface area contributed by atoms with E-state index in [0.717, 1.165) is 10.6 Å². The van der Waals surface area contributed by atoms with Crippen LogP contribution in [0.15, 0.2) is 103 Å². The summed E-state index contributed by atoms with van der Waals surface area (Å²) in [6.07, 6.45) is -3.52. The van der Waals surface area contributed by atoms with Crippen LogP contribution in [0.2, 0.25) is 0 Å². The number of nitrogens with zero attached hydrogens (tertiary/aromatic N) is 6. The van der Waals surface area contributed by atoms with Crippen molar-refractivity contribution in [1.29, 1.82) is 0 Å². The van der Waals surface area contributed by atoms with Crippen molar-refractivity contribution in [1.82, 2.24) is 19.7 Å². The number of para-hydroxylation sites is 1. The molecule has 19 nitrogen and oxygen atoms in total. The van der Waals surface area contributed by atoms with E-state index in [1.165, 1.54) is 34.1 Å². The molecule has 4 heterocycles. The fourth-order valence-electron chi connectivity index (χ4n) is 10.3. The third-order valence-electron chi connectivity index (χ3n) is 13.3. The van der Waals surface area contributed by atoms with E-state index in [9.17, 15) is 29.3 Å². The molecule has 0 N–H and O–H groups in total. The number of piperidine rings is 1. The minimum Gasteiger partial charge on any atom is -0.444 e. The lowest BCUT2D eigenvalue weighted by Crippen LogP contribution is -2.76. The topological polar surface area (TPSA) is 218 Å². The molecule has 348 valence electrons. The summed E-state index contributed by atoms with van der Waals surface area (Å²) in [7, 11) is 3.76. The summed E-state index contributed by atoms with van der Waals surface area (Å²) >= 11 is 0. The van der Waals surface area contributed by atoms with Gasteiger partial charge in [-0.25, -0.2) is 14.4 Å². The Morgan fingerprint density at radius 1 is 0.970 bits per heavy atom. The normalized spacial score (nSPS) is 27.1. The van der Waals surface area contributed by atoms with Crippen LogP contribution < -0.4 is 9.64 Å². The highest BCUT2D eigenvalue weighted by Crippen LogP contribution is 2.98. The van der Waals surface area contributed by atoms with Crippen molar-refractivity contribution >= 4 is 47.2 Å². The highest BCUT2D eigenvalue weighted by atomic mass is 16.7. The maximum Gasteiger partial charge on any atom is 0.412 e. The summed E-state index contributed by atoms with van der Waals surface area (Å²) < 4.78 is 27.7. The van der Waals surface area contributed by atoms with Gasteiger partial charge in [0, 0.05) is 67.6 Å². The lowest BCUT2D eigenvalue weighted by Gasteiger charge is -2.57. The molecule has 3 amide bonds. The van der Waals surface area contributed by atoms with E-state index in [1.54, 1.807) is 87.6 Å². The Kier molecular flexibility index (Phi) is 11.5. The van der Waals surface area contributed by atoms with E-state index in [4.69, 9.17) is 23.7 Å². The highest BCUT2D eigenvalue weighted by molar-refractivity contribution is 6.10. The summed E-state index contributed by atoms with van der Waals surface area (Å²) in [5, 5.41) is 12.3. The lowest BCUT2D eigenvalue weighted by atomic mass is 9.79. The SMILES string of the molecule is CC1OCC(C(=O)OC(=O)C(C(C)C)N2C(=O)[C@@]34C(c5ccccn5)[C@H]3[C@]24N2C(=O)C(CCC(=O)Oc3ccccc3)N(C(=O)OCc3ccc(N(C)C)cc3)[C@@H]2c2cccc([N+](=O)[O-])c2)O1. The van der Waals surface area contributed by atoms with Crippen LogP contribution in [0.1, 0.15) is 62.5 Å². The first kappa shape index (κ1) is 44.9. The van der Waals surface area contributed by atoms with Crippen molar-refractivity contribution in [2.75, 3.05) is 25.6 Å². The van der Waals surface area contributed by atoms with E-state index in [-0.39, 0.29) is 43.1 Å². The van der Waals surface area contributed by atoms with Gasteiger partial charge in [0.05, 0.1) is 11.5 Å². The van der Waals surface area contributed by atoms with E-state index in [0.29, 0.717) is 11.3 Å². The second-order valence-corrected chi connectivity index (χ2v) is 17.7. The number of ether oxygens (including phenoxy) is 5. The molecule has 67 heavy (non-hydrogen) atoms. The van der Waals surface area contributed by atoms with Gasteiger partial charge in [0.15, 0.2) is 12.4 Å². The number of carbonyl (C=O) groups is 6. The number of rotatable bonds is 15. The Morgan fingerprint density at radius 2 is 1.70 bits per heavy atom. The van der Waals surface area contributed by atoms with Gasteiger partial charge in [-0.15, -0.1) is 0 Å². The molecule has 5 aliphatic rings. The second-order valence-electron chi connectivity index (χ2n) is 17.7. The van der Waals surface area contributed by atoms with Gasteiger partial charge in [0.25, 0.3) is 5.69 Å². The Balaban J connectivity index is 1.15. The minimum atomic E-state index is -1.66. The zero-order valence-electron chi connectivity index (χ0n) is 37.3. The predicted octanol–water partition coefficient (Wildman–Crippen LogP) is 5.10. The van der Waals surface area contributed by atoms with Gasteiger partial charge < -0.3 is 33.5 Å². The van der Waals surface area contributed by atoms with Crippen molar-refractivity contribution < 1.29 is 57.4 Å². The molecule has 3 saturated heterocycles. The number of anilines is 1. The van der Waals surface area contributed by atoms with Crippen LogP contribution in [0.25, 0.3) is 0 Å². The molecule has 3 aromatic carbocycles. The van der Waals surface area contributed by atoms with Crippen molar-refractivity contribution in [2.24, 2.45) is 17.3 Å². The second kappa shape index (κ2) is 17.2. The Morgan fingerprint density at radius 3 is 2.33 bits per heavy atom. The van der Waals surface area contributed by atoms with Crippen molar-refractivity contribution in [2.45, 2.75) is 82.4 Å². The predicted molar refractivity (Wildman–Crippen MR) is 233 cm³/mol. The van der Waals surface area contributed by atoms with Crippen LogP contribution in [0.4, 0.5) is 16.2 Å². The molecule has 0 radical (unpaired) electrons. The summed E-state index contributed by atoms with van der Waals surface area (Å²) in [6.45, 7) is 4.49. The third kappa shape index (κ3) is 7.32. The van der Waals surface area contributed by atoms with E-state index < -0.39 is 100 Å². The van der Waals surface area contributed by atoms with Crippen molar-refractivity contribution in [3.8, 4) is 5.75 Å². The number of esters is 3. The quantitative estimate of drug-likeness (QED) is 0.0379. The molecule has 19 heteroatoms. The average molecular weight is 917 g/mol. The average Bonchev–Trinajstić information content (AvgIpc) is 4.03. The van der Waals surface area contributed by atoms with Gasteiger partial charge >= 0.3 is 24.0 Å². The smallest absolute Gasteiger partial charge is 0.412 e. The monoisotopic (exact) mass is 916 g/mol. The Bertz CT molecular complexity index is 2630. The molecule has 4 aromatic rings. The molecular formula is C48H48N6O13. The number of pyridine rings is 1. The van der Waals surface area contributed by atoms with Crippen LogP contribution in [-0.2, 0) is 49.5 Å². The molecule has 0 bridgehead atoms. The molecule has 9 atom stereocenters. The molecule has 5 unspecified atom stereocenters. The highest BCUT2D eigenvalue weighted by Gasteiger charge is 3.12. The number of nitro groups is 1. The number of benzene rings is 3. The van der Waals surface area contributed by atoms with Crippen LogP contribution in [0.3, 0.4) is 0 Å². The van der Waals surface area contributed by atoms with Gasteiger partial charge in [-0.3, -0.25) is 39.3 Å². The zero-order valence-corrected chi connectivity index (χ0v) is 37.3. The van der Waals surface area contributed by atoms with Crippen molar-refractivity contribution in [3.63, 3.8) is 0 Å². The standard InChI is InChI=1S/C48H48N6O13/c1-27(2)39(44(58)67-43(57)36-26-63-28(3)65-36)52-45(59)47-38(34-16-9-10-23-49-34)40(47)48(47,52)53-41(30-12-11-13-32(24-30)54(61)62)51(46(60)64-25-29-17-19-31(20-18-29)50(4)5)35(42(53)56)21-22-37(55)66-33-14-7-6-8-15-33/h6-20,23-24,27-28,35-36,38-41H,21-22,25-26H2,1-5H3/t28?,35?,36?,38?,39?,40-,41+,47-,48-/m1/s1. The number of aromatic nitrogens is 1. The molecule has 2 aliphatic carbocycles. The minimum absolute atomic E-state index is 0.111. The largest absolute Gasteiger partial charge is 0.444 e.